The molecule has 1 heterocycles. The van der Waals surface area contributed by atoms with Gasteiger partial charge in [-0.3, -0.25) is 0 Å². The van der Waals surface area contributed by atoms with Crippen molar-refractivity contribution in [3.63, 3.8) is 0 Å². The fourth-order valence-corrected chi connectivity index (χ4v) is 2.29. The summed E-state index contributed by atoms with van der Waals surface area (Å²) in [5.41, 5.74) is 0.413. The van der Waals surface area contributed by atoms with Crippen LogP contribution in [0.15, 0.2) is 18.2 Å². The Balaban J connectivity index is 2.10. The third-order valence-electron chi connectivity index (χ3n) is 3.23. The molecular formula is C13H16FNO2. The van der Waals surface area contributed by atoms with Crippen LogP contribution in [0.2, 0.25) is 0 Å². The lowest BCUT2D eigenvalue weighted by atomic mass is 10.0. The van der Waals surface area contributed by atoms with Gasteiger partial charge in [-0.15, -0.1) is 0 Å². The summed E-state index contributed by atoms with van der Waals surface area (Å²) in [7, 11) is 0. The first-order valence-corrected chi connectivity index (χ1v) is 5.91. The van der Waals surface area contributed by atoms with Crippen LogP contribution in [0.3, 0.4) is 0 Å². The Labute approximate surface area is 99.9 Å². The highest BCUT2D eigenvalue weighted by Gasteiger charge is 2.16. The molecule has 0 saturated carbocycles. The fraction of sp³-hybridized carbons (Fsp3) is 0.462. The SMILES string of the molecule is O=C(O)c1cccc(F)c1CCN1CCCC1. The molecule has 1 saturated heterocycles. The van der Waals surface area contributed by atoms with E-state index in [2.05, 4.69) is 4.90 Å². The molecule has 0 atom stereocenters. The van der Waals surface area contributed by atoms with Gasteiger partial charge in [0.25, 0.3) is 0 Å². The minimum absolute atomic E-state index is 0.0872. The van der Waals surface area contributed by atoms with E-state index in [1.54, 1.807) is 0 Å². The van der Waals surface area contributed by atoms with Gasteiger partial charge in [-0.05, 0) is 44.5 Å². The van der Waals surface area contributed by atoms with E-state index in [1.165, 1.54) is 31.0 Å². The lowest BCUT2D eigenvalue weighted by Crippen LogP contribution is -2.23. The zero-order chi connectivity index (χ0) is 12.3. The molecule has 0 aromatic heterocycles. The minimum Gasteiger partial charge on any atom is -0.478 e. The maximum atomic E-state index is 13.6. The van der Waals surface area contributed by atoms with Crippen LogP contribution in [0.1, 0.15) is 28.8 Å². The van der Waals surface area contributed by atoms with Crippen molar-refractivity contribution in [3.05, 3.63) is 35.1 Å². The Morgan fingerprint density at radius 3 is 2.71 bits per heavy atom. The third-order valence-corrected chi connectivity index (χ3v) is 3.23. The molecular weight excluding hydrogens is 221 g/mol. The predicted molar refractivity (Wildman–Crippen MR) is 62.7 cm³/mol. The molecule has 0 radical (unpaired) electrons. The number of likely N-dealkylation sites (tertiary alicyclic amines) is 1. The highest BCUT2D eigenvalue weighted by atomic mass is 19.1. The van der Waals surface area contributed by atoms with Gasteiger partial charge in [0.15, 0.2) is 0 Å². The maximum absolute atomic E-state index is 13.6. The normalized spacial score (nSPS) is 16.3. The molecule has 1 aliphatic rings. The Morgan fingerprint density at radius 1 is 1.35 bits per heavy atom. The molecule has 3 nitrogen and oxygen atoms in total. The summed E-state index contributed by atoms with van der Waals surface area (Å²) in [6.07, 6.45) is 2.83. The van der Waals surface area contributed by atoms with Crippen LogP contribution < -0.4 is 0 Å². The van der Waals surface area contributed by atoms with E-state index < -0.39 is 11.8 Å². The number of rotatable bonds is 4. The van der Waals surface area contributed by atoms with E-state index >= 15 is 0 Å². The van der Waals surface area contributed by atoms with Crippen molar-refractivity contribution >= 4 is 5.97 Å². The second-order valence-corrected chi connectivity index (χ2v) is 4.37. The molecule has 0 amide bonds. The van der Waals surface area contributed by atoms with E-state index in [-0.39, 0.29) is 5.56 Å². The van der Waals surface area contributed by atoms with Gasteiger partial charge in [-0.25, -0.2) is 9.18 Å². The Kier molecular flexibility index (Phi) is 3.74. The molecule has 92 valence electrons. The number of hydrogen-bond donors (Lipinski definition) is 1. The van der Waals surface area contributed by atoms with Crippen LogP contribution in [-0.4, -0.2) is 35.6 Å². The summed E-state index contributed by atoms with van der Waals surface area (Å²) in [5, 5.41) is 9.00. The molecule has 1 aromatic rings. The van der Waals surface area contributed by atoms with Crippen LogP contribution in [0.4, 0.5) is 4.39 Å². The summed E-state index contributed by atoms with van der Waals surface area (Å²) < 4.78 is 13.6. The summed E-state index contributed by atoms with van der Waals surface area (Å²) >= 11 is 0. The number of nitrogens with zero attached hydrogens (tertiary/aromatic N) is 1. The summed E-state index contributed by atoms with van der Waals surface area (Å²) in [6.45, 7) is 2.81. The molecule has 0 aliphatic carbocycles. The van der Waals surface area contributed by atoms with Gasteiger partial charge in [-0.1, -0.05) is 6.07 Å². The van der Waals surface area contributed by atoms with Crippen molar-refractivity contribution in [2.24, 2.45) is 0 Å². The van der Waals surface area contributed by atoms with Crippen LogP contribution >= 0.6 is 0 Å². The molecule has 1 N–H and O–H groups in total. The molecule has 2 rings (SSSR count). The predicted octanol–water partition coefficient (Wildman–Crippen LogP) is 2.16. The second kappa shape index (κ2) is 5.27. The van der Waals surface area contributed by atoms with Crippen LogP contribution in [-0.2, 0) is 6.42 Å². The number of hydrogen-bond acceptors (Lipinski definition) is 2. The largest absolute Gasteiger partial charge is 0.478 e. The number of halogens is 1. The summed E-state index contributed by atoms with van der Waals surface area (Å²) in [4.78, 5) is 13.2. The number of benzene rings is 1. The first-order chi connectivity index (χ1) is 8.18. The van der Waals surface area contributed by atoms with E-state index in [0.717, 1.165) is 19.6 Å². The monoisotopic (exact) mass is 237 g/mol. The highest BCUT2D eigenvalue weighted by Crippen LogP contribution is 2.16. The first-order valence-electron chi connectivity index (χ1n) is 5.91. The first kappa shape index (κ1) is 12.0. The molecule has 0 unspecified atom stereocenters. The van der Waals surface area contributed by atoms with Crippen LogP contribution in [0.25, 0.3) is 0 Å². The third kappa shape index (κ3) is 2.82. The second-order valence-electron chi connectivity index (χ2n) is 4.37. The average Bonchev–Trinajstić information content (AvgIpc) is 2.80. The Hall–Kier alpha value is -1.42. The Morgan fingerprint density at radius 2 is 2.06 bits per heavy atom. The lowest BCUT2D eigenvalue weighted by Gasteiger charge is -2.15. The van der Waals surface area contributed by atoms with Crippen molar-refractivity contribution in [1.82, 2.24) is 4.90 Å². The molecule has 1 fully saturated rings. The van der Waals surface area contributed by atoms with Gasteiger partial charge >= 0.3 is 5.97 Å². The van der Waals surface area contributed by atoms with Crippen molar-refractivity contribution in [2.45, 2.75) is 19.3 Å². The topological polar surface area (TPSA) is 40.5 Å². The molecule has 1 aromatic carbocycles. The van der Waals surface area contributed by atoms with Gasteiger partial charge < -0.3 is 10.0 Å². The number of carboxylic acids is 1. The number of carbonyl (C=O) groups is 1. The van der Waals surface area contributed by atoms with E-state index in [1.807, 2.05) is 0 Å². The molecule has 4 heteroatoms. The maximum Gasteiger partial charge on any atom is 0.336 e. The quantitative estimate of drug-likeness (QED) is 0.872. The van der Waals surface area contributed by atoms with E-state index in [0.29, 0.717) is 12.0 Å². The van der Waals surface area contributed by atoms with Crippen molar-refractivity contribution in [2.75, 3.05) is 19.6 Å². The highest BCUT2D eigenvalue weighted by molar-refractivity contribution is 5.89. The van der Waals surface area contributed by atoms with Crippen molar-refractivity contribution < 1.29 is 14.3 Å². The minimum atomic E-state index is -1.05. The molecule has 0 spiro atoms. The molecule has 17 heavy (non-hydrogen) atoms. The number of carboxylic acid groups (broad SMARTS) is 1. The summed E-state index contributed by atoms with van der Waals surface area (Å²) in [6, 6.07) is 4.23. The van der Waals surface area contributed by atoms with Gasteiger partial charge in [-0.2, -0.15) is 0 Å². The van der Waals surface area contributed by atoms with Gasteiger partial charge in [0, 0.05) is 12.1 Å². The zero-order valence-corrected chi connectivity index (χ0v) is 9.66. The molecule has 1 aliphatic heterocycles. The fourth-order valence-electron chi connectivity index (χ4n) is 2.29. The van der Waals surface area contributed by atoms with E-state index in [9.17, 15) is 9.18 Å². The van der Waals surface area contributed by atoms with Crippen molar-refractivity contribution in [1.29, 1.82) is 0 Å². The van der Waals surface area contributed by atoms with Gasteiger partial charge in [0.05, 0.1) is 5.56 Å². The lowest BCUT2D eigenvalue weighted by molar-refractivity contribution is 0.0695. The number of aromatic carboxylic acids is 1. The standard InChI is InChI=1S/C13H16FNO2/c14-12-5-3-4-11(13(16)17)10(12)6-9-15-7-1-2-8-15/h3-5H,1-2,6-9H2,(H,16,17). The van der Waals surface area contributed by atoms with Gasteiger partial charge in [0.1, 0.15) is 5.82 Å². The smallest absolute Gasteiger partial charge is 0.336 e. The summed E-state index contributed by atoms with van der Waals surface area (Å²) in [5.74, 6) is -1.47. The van der Waals surface area contributed by atoms with Gasteiger partial charge in [0.2, 0.25) is 0 Å². The average molecular weight is 237 g/mol. The zero-order valence-electron chi connectivity index (χ0n) is 9.66. The van der Waals surface area contributed by atoms with Crippen LogP contribution in [0.5, 0.6) is 0 Å². The Bertz CT molecular complexity index is 414. The van der Waals surface area contributed by atoms with E-state index in [4.69, 9.17) is 5.11 Å². The molecule has 0 bridgehead atoms. The van der Waals surface area contributed by atoms with Crippen LogP contribution in [0, 0.1) is 5.82 Å². The van der Waals surface area contributed by atoms with Crippen molar-refractivity contribution in [3.8, 4) is 0 Å².